The minimum Gasteiger partial charge on any atom is -0.369 e. The SMILES string of the molecule is FC(F)(F)c1cnc(NCC2CCCNC2)c(Cl)c1. The van der Waals surface area contributed by atoms with Crippen LogP contribution in [0.5, 0.6) is 0 Å². The fourth-order valence-electron chi connectivity index (χ4n) is 2.06. The van der Waals surface area contributed by atoms with Gasteiger partial charge in [0.25, 0.3) is 0 Å². The summed E-state index contributed by atoms with van der Waals surface area (Å²) in [5.41, 5.74) is -0.831. The molecule has 1 atom stereocenters. The number of aromatic nitrogens is 1. The van der Waals surface area contributed by atoms with Crippen molar-refractivity contribution in [2.75, 3.05) is 25.0 Å². The number of hydrogen-bond donors (Lipinski definition) is 2. The lowest BCUT2D eigenvalue weighted by Gasteiger charge is -2.23. The second-order valence-corrected chi connectivity index (χ2v) is 5.05. The fraction of sp³-hybridized carbons (Fsp3) is 0.583. The van der Waals surface area contributed by atoms with Gasteiger partial charge in [0.1, 0.15) is 5.82 Å². The van der Waals surface area contributed by atoms with Gasteiger partial charge in [-0.1, -0.05) is 11.6 Å². The maximum atomic E-state index is 12.4. The molecule has 2 rings (SSSR count). The van der Waals surface area contributed by atoms with E-state index in [4.69, 9.17) is 11.6 Å². The third-order valence-corrected chi connectivity index (χ3v) is 3.41. The predicted octanol–water partition coefficient (Wildman–Crippen LogP) is 3.17. The van der Waals surface area contributed by atoms with Gasteiger partial charge in [0, 0.05) is 12.7 Å². The molecule has 0 amide bonds. The van der Waals surface area contributed by atoms with Crippen molar-refractivity contribution < 1.29 is 13.2 Å². The standard InChI is InChI=1S/C12H15ClF3N3/c13-10-4-9(12(14,15)16)7-19-11(10)18-6-8-2-1-3-17-5-8/h4,7-8,17H,1-3,5-6H2,(H,18,19). The van der Waals surface area contributed by atoms with Gasteiger partial charge in [-0.25, -0.2) is 4.98 Å². The van der Waals surface area contributed by atoms with Crippen molar-refractivity contribution in [1.82, 2.24) is 10.3 Å². The molecular weight excluding hydrogens is 279 g/mol. The number of nitrogens with zero attached hydrogens (tertiary/aromatic N) is 1. The second kappa shape index (κ2) is 5.96. The summed E-state index contributed by atoms with van der Waals surface area (Å²) in [4.78, 5) is 3.75. The van der Waals surface area contributed by atoms with E-state index in [1.807, 2.05) is 0 Å². The third-order valence-electron chi connectivity index (χ3n) is 3.13. The van der Waals surface area contributed by atoms with Gasteiger partial charge in [0.15, 0.2) is 0 Å². The van der Waals surface area contributed by atoms with Gasteiger partial charge < -0.3 is 10.6 Å². The Morgan fingerprint density at radius 3 is 2.84 bits per heavy atom. The number of pyridine rings is 1. The Bertz CT molecular complexity index is 431. The van der Waals surface area contributed by atoms with Gasteiger partial charge in [0.2, 0.25) is 0 Å². The molecule has 0 aliphatic carbocycles. The molecule has 1 aromatic heterocycles. The summed E-state index contributed by atoms with van der Waals surface area (Å²) >= 11 is 5.81. The van der Waals surface area contributed by atoms with Crippen molar-refractivity contribution in [1.29, 1.82) is 0 Å². The van der Waals surface area contributed by atoms with Crippen LogP contribution >= 0.6 is 11.6 Å². The summed E-state index contributed by atoms with van der Waals surface area (Å²) in [6.07, 6.45) is -1.41. The van der Waals surface area contributed by atoms with Crippen LogP contribution in [-0.2, 0) is 6.18 Å². The summed E-state index contributed by atoms with van der Waals surface area (Å²) in [5.74, 6) is 0.758. The van der Waals surface area contributed by atoms with Crippen molar-refractivity contribution in [3.05, 3.63) is 22.8 Å². The molecule has 0 saturated carbocycles. The van der Waals surface area contributed by atoms with Crippen LogP contribution in [-0.4, -0.2) is 24.6 Å². The Hall–Kier alpha value is -1.01. The number of anilines is 1. The molecule has 7 heteroatoms. The minimum absolute atomic E-state index is 0.00130. The number of rotatable bonds is 3. The first-order chi connectivity index (χ1) is 8.97. The molecule has 2 heterocycles. The van der Waals surface area contributed by atoms with Gasteiger partial charge in [-0.3, -0.25) is 0 Å². The van der Waals surface area contributed by atoms with Gasteiger partial charge in [-0.15, -0.1) is 0 Å². The highest BCUT2D eigenvalue weighted by Gasteiger charge is 2.31. The van der Waals surface area contributed by atoms with Crippen molar-refractivity contribution >= 4 is 17.4 Å². The number of hydrogen-bond acceptors (Lipinski definition) is 3. The molecule has 1 aliphatic heterocycles. The number of piperidine rings is 1. The molecule has 106 valence electrons. The van der Waals surface area contributed by atoms with Gasteiger partial charge in [0.05, 0.1) is 10.6 Å². The summed E-state index contributed by atoms with van der Waals surface area (Å²) in [5, 5.41) is 6.28. The zero-order valence-corrected chi connectivity index (χ0v) is 11.0. The van der Waals surface area contributed by atoms with Crippen LogP contribution in [0.25, 0.3) is 0 Å². The van der Waals surface area contributed by atoms with E-state index in [0.717, 1.165) is 38.2 Å². The molecule has 1 aliphatic rings. The lowest BCUT2D eigenvalue weighted by atomic mass is 10.00. The first-order valence-electron chi connectivity index (χ1n) is 6.14. The lowest BCUT2D eigenvalue weighted by molar-refractivity contribution is -0.137. The van der Waals surface area contributed by atoms with E-state index < -0.39 is 11.7 Å². The Labute approximate surface area is 114 Å². The van der Waals surface area contributed by atoms with Crippen LogP contribution < -0.4 is 10.6 Å². The highest BCUT2D eigenvalue weighted by atomic mass is 35.5. The molecular formula is C12H15ClF3N3. The lowest BCUT2D eigenvalue weighted by Crippen LogP contribution is -2.33. The first-order valence-corrected chi connectivity index (χ1v) is 6.52. The maximum absolute atomic E-state index is 12.4. The topological polar surface area (TPSA) is 37.0 Å². The Kier molecular flexibility index (Phi) is 4.52. The predicted molar refractivity (Wildman–Crippen MR) is 68.3 cm³/mol. The molecule has 19 heavy (non-hydrogen) atoms. The first kappa shape index (κ1) is 14.4. The molecule has 0 spiro atoms. The average Bonchev–Trinajstić information content (AvgIpc) is 2.37. The number of alkyl halides is 3. The monoisotopic (exact) mass is 293 g/mol. The summed E-state index contributed by atoms with van der Waals surface area (Å²) in [7, 11) is 0. The van der Waals surface area contributed by atoms with Crippen LogP contribution in [0.1, 0.15) is 18.4 Å². The zero-order chi connectivity index (χ0) is 13.9. The minimum atomic E-state index is -4.41. The van der Waals surface area contributed by atoms with Crippen LogP contribution in [0.4, 0.5) is 19.0 Å². The second-order valence-electron chi connectivity index (χ2n) is 4.65. The van der Waals surface area contributed by atoms with Crippen molar-refractivity contribution in [2.45, 2.75) is 19.0 Å². The van der Waals surface area contributed by atoms with Crippen LogP contribution in [0, 0.1) is 5.92 Å². The molecule has 0 aromatic carbocycles. The summed E-state index contributed by atoms with van der Waals surface area (Å²) in [6, 6.07) is 0.899. The summed E-state index contributed by atoms with van der Waals surface area (Å²) < 4.78 is 37.3. The molecule has 3 nitrogen and oxygen atoms in total. The molecule has 1 unspecified atom stereocenters. The molecule has 2 N–H and O–H groups in total. The van der Waals surface area contributed by atoms with Crippen molar-refractivity contribution in [2.24, 2.45) is 5.92 Å². The molecule has 1 aromatic rings. The zero-order valence-electron chi connectivity index (χ0n) is 10.2. The van der Waals surface area contributed by atoms with Gasteiger partial charge in [-0.05, 0) is 37.9 Å². The molecule has 1 fully saturated rings. The molecule has 0 radical (unpaired) electrons. The van der Waals surface area contributed by atoms with E-state index in [2.05, 4.69) is 15.6 Å². The fourth-order valence-corrected chi connectivity index (χ4v) is 2.30. The maximum Gasteiger partial charge on any atom is 0.417 e. The molecule has 1 saturated heterocycles. The van der Waals surface area contributed by atoms with Crippen molar-refractivity contribution in [3.63, 3.8) is 0 Å². The van der Waals surface area contributed by atoms with Crippen LogP contribution in [0.2, 0.25) is 5.02 Å². The van der Waals surface area contributed by atoms with E-state index >= 15 is 0 Å². The number of halogens is 4. The third kappa shape index (κ3) is 3.98. The van der Waals surface area contributed by atoms with Crippen LogP contribution in [0.3, 0.4) is 0 Å². The Morgan fingerprint density at radius 2 is 2.26 bits per heavy atom. The smallest absolute Gasteiger partial charge is 0.369 e. The highest BCUT2D eigenvalue weighted by Crippen LogP contribution is 2.32. The Morgan fingerprint density at radius 1 is 1.47 bits per heavy atom. The average molecular weight is 294 g/mol. The molecule has 0 bridgehead atoms. The normalized spacial score (nSPS) is 20.3. The Balaban J connectivity index is 1.97. The van der Waals surface area contributed by atoms with E-state index in [1.54, 1.807) is 0 Å². The van der Waals surface area contributed by atoms with E-state index in [9.17, 15) is 13.2 Å². The number of nitrogens with one attached hydrogen (secondary N) is 2. The van der Waals surface area contributed by atoms with E-state index in [-0.39, 0.29) is 5.02 Å². The quantitative estimate of drug-likeness (QED) is 0.899. The van der Waals surface area contributed by atoms with E-state index in [0.29, 0.717) is 18.3 Å². The largest absolute Gasteiger partial charge is 0.417 e. The van der Waals surface area contributed by atoms with Crippen LogP contribution in [0.15, 0.2) is 12.3 Å². The summed E-state index contributed by atoms with van der Waals surface area (Å²) in [6.45, 7) is 2.59. The van der Waals surface area contributed by atoms with E-state index in [1.165, 1.54) is 0 Å². The van der Waals surface area contributed by atoms with Crippen molar-refractivity contribution in [3.8, 4) is 0 Å². The van der Waals surface area contributed by atoms with Gasteiger partial charge in [-0.2, -0.15) is 13.2 Å². The highest BCUT2D eigenvalue weighted by molar-refractivity contribution is 6.32. The van der Waals surface area contributed by atoms with Gasteiger partial charge >= 0.3 is 6.18 Å².